The number of carbonyl (C=O) groups excluding carboxylic acids is 2. The van der Waals surface area contributed by atoms with Crippen LogP contribution in [-0.2, 0) is 9.59 Å². The first-order valence-electron chi connectivity index (χ1n) is 8.55. The fourth-order valence-electron chi connectivity index (χ4n) is 2.45. The van der Waals surface area contributed by atoms with Crippen molar-refractivity contribution in [3.63, 3.8) is 0 Å². The zero-order valence-corrected chi connectivity index (χ0v) is 17.5. The molecule has 0 spiro atoms. The van der Waals surface area contributed by atoms with Crippen LogP contribution in [0.1, 0.15) is 29.5 Å². The first kappa shape index (κ1) is 21.4. The fraction of sp³-hybridized carbons (Fsp3) is 0.250. The molecule has 0 unspecified atom stereocenters. The summed E-state index contributed by atoms with van der Waals surface area (Å²) in [6.45, 7) is 3.90. The summed E-state index contributed by atoms with van der Waals surface area (Å²) < 4.78 is 5.50. The number of carbonyl (C=O) groups is 2. The van der Waals surface area contributed by atoms with Crippen LogP contribution in [0, 0.1) is 13.8 Å². The van der Waals surface area contributed by atoms with Gasteiger partial charge in [0.2, 0.25) is 11.8 Å². The Kier molecular flexibility index (Phi) is 7.57. The topological polar surface area (TPSA) is 100 Å². The van der Waals surface area contributed by atoms with Crippen molar-refractivity contribution < 1.29 is 19.4 Å². The van der Waals surface area contributed by atoms with Gasteiger partial charge in [-0.2, -0.15) is 5.10 Å². The molecule has 0 aliphatic rings. The molecular weight excluding hydrogens is 426 g/mol. The normalized spacial score (nSPS) is 10.7. The molecule has 0 atom stereocenters. The number of aryl methyl sites for hydroxylation is 2. The van der Waals surface area contributed by atoms with Crippen LogP contribution in [0.3, 0.4) is 0 Å². The number of phenols is 1. The molecule has 28 heavy (non-hydrogen) atoms. The highest BCUT2D eigenvalue weighted by molar-refractivity contribution is 9.10. The number of rotatable bonds is 7. The van der Waals surface area contributed by atoms with E-state index in [1.165, 1.54) is 13.3 Å². The summed E-state index contributed by atoms with van der Waals surface area (Å²) in [7, 11) is 1.44. The Hall–Kier alpha value is -2.87. The van der Waals surface area contributed by atoms with Gasteiger partial charge in [0.1, 0.15) is 0 Å². The van der Waals surface area contributed by atoms with E-state index in [1.807, 2.05) is 32.0 Å². The van der Waals surface area contributed by atoms with E-state index in [4.69, 9.17) is 4.74 Å². The van der Waals surface area contributed by atoms with Crippen molar-refractivity contribution in [2.75, 3.05) is 12.4 Å². The number of amides is 2. The number of anilines is 1. The van der Waals surface area contributed by atoms with Crippen LogP contribution in [0.5, 0.6) is 11.5 Å². The third-order valence-electron chi connectivity index (χ3n) is 3.91. The average Bonchev–Trinajstić information content (AvgIpc) is 2.65. The number of hydrogen-bond acceptors (Lipinski definition) is 5. The molecule has 0 saturated carbocycles. The zero-order chi connectivity index (χ0) is 20.7. The van der Waals surface area contributed by atoms with Crippen molar-refractivity contribution >= 4 is 39.6 Å². The van der Waals surface area contributed by atoms with Crippen LogP contribution in [0.15, 0.2) is 39.9 Å². The van der Waals surface area contributed by atoms with Gasteiger partial charge >= 0.3 is 0 Å². The molecule has 0 aliphatic heterocycles. The van der Waals surface area contributed by atoms with E-state index in [-0.39, 0.29) is 36.2 Å². The SMILES string of the molecule is COc1cc(/C=N/NC(=O)CCC(=O)Nc2ccc(C)cc2C)cc(Br)c1O. The van der Waals surface area contributed by atoms with Crippen molar-refractivity contribution in [3.8, 4) is 11.5 Å². The highest BCUT2D eigenvalue weighted by Gasteiger charge is 2.09. The first-order valence-corrected chi connectivity index (χ1v) is 9.35. The largest absolute Gasteiger partial charge is 0.503 e. The van der Waals surface area contributed by atoms with Gasteiger partial charge < -0.3 is 15.2 Å². The third kappa shape index (κ3) is 6.09. The number of hydrazone groups is 1. The summed E-state index contributed by atoms with van der Waals surface area (Å²) in [5.74, 6) is -0.348. The number of hydrogen-bond donors (Lipinski definition) is 3. The lowest BCUT2D eigenvalue weighted by molar-refractivity contribution is -0.124. The minimum Gasteiger partial charge on any atom is -0.503 e. The minimum absolute atomic E-state index is 0.0106. The smallest absolute Gasteiger partial charge is 0.240 e. The van der Waals surface area contributed by atoms with E-state index in [2.05, 4.69) is 31.8 Å². The van der Waals surface area contributed by atoms with Crippen LogP contribution < -0.4 is 15.5 Å². The van der Waals surface area contributed by atoms with Gasteiger partial charge in [0.25, 0.3) is 0 Å². The quantitative estimate of drug-likeness (QED) is 0.445. The summed E-state index contributed by atoms with van der Waals surface area (Å²) in [6, 6.07) is 8.95. The molecule has 0 aliphatic carbocycles. The number of ether oxygens (including phenoxy) is 1. The van der Waals surface area contributed by atoms with E-state index >= 15 is 0 Å². The molecule has 0 fully saturated rings. The lowest BCUT2D eigenvalue weighted by Crippen LogP contribution is -2.20. The average molecular weight is 448 g/mol. The molecule has 7 nitrogen and oxygen atoms in total. The molecular formula is C20H22BrN3O4. The second-order valence-corrected chi connectivity index (χ2v) is 7.07. The van der Waals surface area contributed by atoms with Crippen molar-refractivity contribution in [1.82, 2.24) is 5.43 Å². The van der Waals surface area contributed by atoms with Gasteiger partial charge in [0.15, 0.2) is 11.5 Å². The Labute approximate surface area is 171 Å². The first-order chi connectivity index (χ1) is 13.3. The van der Waals surface area contributed by atoms with E-state index in [0.717, 1.165) is 16.8 Å². The molecule has 0 saturated heterocycles. The molecule has 0 radical (unpaired) electrons. The highest BCUT2D eigenvalue weighted by Crippen LogP contribution is 2.34. The summed E-state index contributed by atoms with van der Waals surface area (Å²) in [5.41, 5.74) is 5.82. The lowest BCUT2D eigenvalue weighted by atomic mass is 10.1. The maximum atomic E-state index is 12.0. The second kappa shape index (κ2) is 9.89. The second-order valence-electron chi connectivity index (χ2n) is 6.21. The Morgan fingerprint density at radius 1 is 1.18 bits per heavy atom. The standard InChI is InChI=1S/C20H22BrN3O4/c1-12-4-5-16(13(2)8-12)23-18(25)6-7-19(26)24-22-11-14-9-15(21)20(27)17(10-14)28-3/h4-5,8-11,27H,6-7H2,1-3H3,(H,23,25)(H,24,26)/b22-11+. The van der Waals surface area contributed by atoms with Crippen molar-refractivity contribution in [2.24, 2.45) is 5.10 Å². The Bertz CT molecular complexity index is 913. The van der Waals surface area contributed by atoms with Crippen molar-refractivity contribution in [2.45, 2.75) is 26.7 Å². The summed E-state index contributed by atoms with van der Waals surface area (Å²) in [4.78, 5) is 23.9. The van der Waals surface area contributed by atoms with Gasteiger partial charge in [-0.05, 0) is 59.1 Å². The predicted molar refractivity (Wildman–Crippen MR) is 112 cm³/mol. The van der Waals surface area contributed by atoms with Gasteiger partial charge in [-0.1, -0.05) is 17.7 Å². The van der Waals surface area contributed by atoms with Crippen LogP contribution in [0.2, 0.25) is 0 Å². The van der Waals surface area contributed by atoms with E-state index < -0.39 is 0 Å². The number of methoxy groups -OCH3 is 1. The molecule has 8 heteroatoms. The van der Waals surface area contributed by atoms with Crippen molar-refractivity contribution in [1.29, 1.82) is 0 Å². The molecule has 2 aromatic carbocycles. The minimum atomic E-state index is -0.378. The monoisotopic (exact) mass is 447 g/mol. The van der Waals surface area contributed by atoms with E-state index in [9.17, 15) is 14.7 Å². The molecule has 0 heterocycles. The molecule has 0 bridgehead atoms. The highest BCUT2D eigenvalue weighted by atomic mass is 79.9. The Morgan fingerprint density at radius 2 is 1.89 bits per heavy atom. The van der Waals surface area contributed by atoms with Gasteiger partial charge in [0, 0.05) is 18.5 Å². The van der Waals surface area contributed by atoms with Crippen LogP contribution in [0.25, 0.3) is 0 Å². The maximum absolute atomic E-state index is 12.0. The molecule has 3 N–H and O–H groups in total. The van der Waals surface area contributed by atoms with Gasteiger partial charge in [-0.25, -0.2) is 5.43 Å². The molecule has 148 valence electrons. The molecule has 2 amide bonds. The van der Waals surface area contributed by atoms with E-state index in [1.54, 1.807) is 12.1 Å². The number of halogens is 1. The van der Waals surface area contributed by atoms with Gasteiger partial charge in [-0.3, -0.25) is 9.59 Å². The Morgan fingerprint density at radius 3 is 2.57 bits per heavy atom. The third-order valence-corrected chi connectivity index (χ3v) is 4.51. The van der Waals surface area contributed by atoms with Crippen LogP contribution in [0.4, 0.5) is 5.69 Å². The summed E-state index contributed by atoms with van der Waals surface area (Å²) >= 11 is 3.21. The molecule has 2 rings (SSSR count). The summed E-state index contributed by atoms with van der Waals surface area (Å²) in [6.07, 6.45) is 1.48. The van der Waals surface area contributed by atoms with Crippen LogP contribution >= 0.6 is 15.9 Å². The number of nitrogens with one attached hydrogen (secondary N) is 2. The molecule has 2 aromatic rings. The fourth-order valence-corrected chi connectivity index (χ4v) is 2.91. The number of phenolic OH excluding ortho intramolecular Hbond substituents is 1. The van der Waals surface area contributed by atoms with Crippen LogP contribution in [-0.4, -0.2) is 30.2 Å². The molecule has 0 aromatic heterocycles. The van der Waals surface area contributed by atoms with Crippen molar-refractivity contribution in [3.05, 3.63) is 51.5 Å². The number of aromatic hydroxyl groups is 1. The van der Waals surface area contributed by atoms with Gasteiger partial charge in [-0.15, -0.1) is 0 Å². The number of nitrogens with zero attached hydrogens (tertiary/aromatic N) is 1. The lowest BCUT2D eigenvalue weighted by Gasteiger charge is -2.09. The zero-order valence-electron chi connectivity index (χ0n) is 15.9. The predicted octanol–water partition coefficient (Wildman–Crippen LogP) is 3.65. The van der Waals surface area contributed by atoms with Gasteiger partial charge in [0.05, 0.1) is 17.8 Å². The Balaban J connectivity index is 1.83. The number of benzene rings is 2. The summed E-state index contributed by atoms with van der Waals surface area (Å²) in [5, 5.41) is 16.4. The maximum Gasteiger partial charge on any atom is 0.240 e. The van der Waals surface area contributed by atoms with E-state index in [0.29, 0.717) is 10.0 Å².